The van der Waals surface area contributed by atoms with Gasteiger partial charge in [-0.05, 0) is 38.2 Å². The lowest BCUT2D eigenvalue weighted by Crippen LogP contribution is -2.46. The monoisotopic (exact) mass is 382 g/mol. The smallest absolute Gasteiger partial charge is 0.238 e. The van der Waals surface area contributed by atoms with Crippen LogP contribution in [0, 0.1) is 0 Å². The van der Waals surface area contributed by atoms with Crippen molar-refractivity contribution < 1.29 is 17.9 Å². The highest BCUT2D eigenvalue weighted by Gasteiger charge is 2.37. The number of carbonyl (C=O) groups is 1. The Balaban J connectivity index is 1.71. The van der Waals surface area contributed by atoms with E-state index in [0.717, 1.165) is 12.0 Å². The SMILES string of the molecule is CCCS(=O)(=O)N1CCCC1C(=O)NCCCOC(C)c1ccccc1. The summed E-state index contributed by atoms with van der Waals surface area (Å²) in [6.07, 6.45) is 2.59. The summed E-state index contributed by atoms with van der Waals surface area (Å²) in [6.45, 7) is 5.30. The van der Waals surface area contributed by atoms with E-state index in [-0.39, 0.29) is 17.8 Å². The van der Waals surface area contributed by atoms with E-state index in [0.29, 0.717) is 39.0 Å². The van der Waals surface area contributed by atoms with Crippen molar-refractivity contribution in [2.45, 2.75) is 51.7 Å². The van der Waals surface area contributed by atoms with Gasteiger partial charge in [0.1, 0.15) is 6.04 Å². The van der Waals surface area contributed by atoms with Crippen LogP contribution in [0.15, 0.2) is 30.3 Å². The maximum absolute atomic E-state index is 12.4. The van der Waals surface area contributed by atoms with E-state index in [1.165, 1.54) is 4.31 Å². The molecule has 0 spiro atoms. The lowest BCUT2D eigenvalue weighted by molar-refractivity contribution is -0.124. The first-order valence-corrected chi connectivity index (χ1v) is 11.0. The predicted molar refractivity (Wildman–Crippen MR) is 102 cm³/mol. The van der Waals surface area contributed by atoms with Crippen molar-refractivity contribution in [3.05, 3.63) is 35.9 Å². The Bertz CT molecular complexity index is 663. The molecule has 6 nitrogen and oxygen atoms in total. The highest BCUT2D eigenvalue weighted by Crippen LogP contribution is 2.22. The second kappa shape index (κ2) is 10.0. The number of ether oxygens (including phenoxy) is 1. The summed E-state index contributed by atoms with van der Waals surface area (Å²) in [7, 11) is -3.33. The summed E-state index contributed by atoms with van der Waals surface area (Å²) in [5.74, 6) is -0.0968. The number of amides is 1. The van der Waals surface area contributed by atoms with Crippen molar-refractivity contribution in [3.8, 4) is 0 Å². The van der Waals surface area contributed by atoms with Crippen LogP contribution in [-0.4, -0.2) is 50.1 Å². The number of hydrogen-bond acceptors (Lipinski definition) is 4. The number of nitrogens with one attached hydrogen (secondary N) is 1. The topological polar surface area (TPSA) is 75.7 Å². The zero-order valence-corrected chi connectivity index (χ0v) is 16.5. The average molecular weight is 383 g/mol. The van der Waals surface area contributed by atoms with Gasteiger partial charge in [-0.1, -0.05) is 37.3 Å². The first-order chi connectivity index (χ1) is 12.5. The van der Waals surface area contributed by atoms with Crippen LogP contribution in [0.25, 0.3) is 0 Å². The molecule has 1 fully saturated rings. The average Bonchev–Trinajstić information content (AvgIpc) is 3.13. The third-order valence-corrected chi connectivity index (χ3v) is 6.66. The van der Waals surface area contributed by atoms with Gasteiger partial charge in [-0.25, -0.2) is 8.42 Å². The molecule has 1 N–H and O–H groups in total. The number of rotatable bonds is 10. The lowest BCUT2D eigenvalue weighted by Gasteiger charge is -2.23. The summed E-state index contributed by atoms with van der Waals surface area (Å²) < 4.78 is 31.7. The normalized spacial score (nSPS) is 19.4. The van der Waals surface area contributed by atoms with Gasteiger partial charge in [-0.15, -0.1) is 0 Å². The molecule has 2 atom stereocenters. The molecule has 1 aromatic carbocycles. The molecule has 0 radical (unpaired) electrons. The lowest BCUT2D eigenvalue weighted by atomic mass is 10.1. The van der Waals surface area contributed by atoms with Crippen LogP contribution in [0.2, 0.25) is 0 Å². The van der Waals surface area contributed by atoms with Crippen molar-refractivity contribution >= 4 is 15.9 Å². The number of benzene rings is 1. The van der Waals surface area contributed by atoms with Crippen molar-refractivity contribution in [2.24, 2.45) is 0 Å². The Morgan fingerprint density at radius 1 is 1.35 bits per heavy atom. The van der Waals surface area contributed by atoms with E-state index in [9.17, 15) is 13.2 Å². The summed E-state index contributed by atoms with van der Waals surface area (Å²) in [5.41, 5.74) is 1.12. The maximum Gasteiger partial charge on any atom is 0.238 e. The van der Waals surface area contributed by atoms with Crippen molar-refractivity contribution in [3.63, 3.8) is 0 Å². The van der Waals surface area contributed by atoms with Gasteiger partial charge in [-0.3, -0.25) is 4.79 Å². The standard InChI is InChI=1S/C19H30N2O4S/c1-3-15-26(23,24)21-13-7-11-18(21)19(22)20-12-8-14-25-16(2)17-9-5-4-6-10-17/h4-6,9-10,16,18H,3,7-8,11-15H2,1-2H3,(H,20,22). The minimum Gasteiger partial charge on any atom is -0.374 e. The van der Waals surface area contributed by atoms with Crippen molar-refractivity contribution in [1.82, 2.24) is 9.62 Å². The molecule has 1 aliphatic heterocycles. The fraction of sp³-hybridized carbons (Fsp3) is 0.632. The van der Waals surface area contributed by atoms with Gasteiger partial charge in [0, 0.05) is 19.7 Å². The molecule has 1 amide bonds. The quantitative estimate of drug-likeness (QED) is 0.631. The molecule has 0 saturated carbocycles. The largest absolute Gasteiger partial charge is 0.374 e. The van der Waals surface area contributed by atoms with Crippen LogP contribution in [0.3, 0.4) is 0 Å². The fourth-order valence-corrected chi connectivity index (χ4v) is 4.94. The summed E-state index contributed by atoms with van der Waals surface area (Å²) in [6, 6.07) is 9.43. The second-order valence-electron chi connectivity index (χ2n) is 6.65. The molecule has 26 heavy (non-hydrogen) atoms. The molecule has 0 bridgehead atoms. The summed E-state index contributed by atoms with van der Waals surface area (Å²) in [5, 5.41) is 2.86. The number of nitrogens with zero attached hydrogens (tertiary/aromatic N) is 1. The van der Waals surface area contributed by atoms with Crippen LogP contribution in [0.4, 0.5) is 0 Å². The van der Waals surface area contributed by atoms with Gasteiger partial charge >= 0.3 is 0 Å². The first-order valence-electron chi connectivity index (χ1n) is 9.39. The predicted octanol–water partition coefficient (Wildman–Crippen LogP) is 2.47. The van der Waals surface area contributed by atoms with Gasteiger partial charge in [-0.2, -0.15) is 4.31 Å². The second-order valence-corrected chi connectivity index (χ2v) is 8.69. The molecule has 7 heteroatoms. The van der Waals surface area contributed by atoms with Gasteiger partial charge < -0.3 is 10.1 Å². The van der Waals surface area contributed by atoms with Crippen LogP contribution in [-0.2, 0) is 19.6 Å². The van der Waals surface area contributed by atoms with Crippen molar-refractivity contribution in [2.75, 3.05) is 25.4 Å². The van der Waals surface area contributed by atoms with E-state index in [1.807, 2.05) is 44.2 Å². The number of sulfonamides is 1. The first kappa shape index (κ1) is 20.9. The van der Waals surface area contributed by atoms with Crippen LogP contribution >= 0.6 is 0 Å². The Hall–Kier alpha value is -1.44. The molecule has 1 heterocycles. The molecule has 0 aliphatic carbocycles. The molecule has 1 aromatic rings. The molecule has 2 unspecified atom stereocenters. The third kappa shape index (κ3) is 5.79. The molecular weight excluding hydrogens is 352 g/mol. The number of hydrogen-bond donors (Lipinski definition) is 1. The molecular formula is C19H30N2O4S. The molecule has 1 saturated heterocycles. The third-order valence-electron chi connectivity index (χ3n) is 4.58. The highest BCUT2D eigenvalue weighted by molar-refractivity contribution is 7.89. The number of carbonyl (C=O) groups excluding carboxylic acids is 1. The molecule has 0 aromatic heterocycles. The van der Waals surface area contributed by atoms with E-state index in [4.69, 9.17) is 4.74 Å². The van der Waals surface area contributed by atoms with E-state index >= 15 is 0 Å². The van der Waals surface area contributed by atoms with Gasteiger partial charge in [0.15, 0.2) is 0 Å². The summed E-state index contributed by atoms with van der Waals surface area (Å²) in [4.78, 5) is 12.4. The van der Waals surface area contributed by atoms with Crippen LogP contribution in [0.5, 0.6) is 0 Å². The minimum atomic E-state index is -3.33. The van der Waals surface area contributed by atoms with Gasteiger partial charge in [0.05, 0.1) is 11.9 Å². The van der Waals surface area contributed by atoms with Crippen LogP contribution < -0.4 is 5.32 Å². The van der Waals surface area contributed by atoms with Gasteiger partial charge in [0.25, 0.3) is 0 Å². The zero-order valence-electron chi connectivity index (χ0n) is 15.7. The Morgan fingerprint density at radius 2 is 2.08 bits per heavy atom. The Labute approximate surface area is 157 Å². The minimum absolute atomic E-state index is 0.0106. The highest BCUT2D eigenvalue weighted by atomic mass is 32.2. The molecule has 1 aliphatic rings. The van der Waals surface area contributed by atoms with E-state index < -0.39 is 16.1 Å². The van der Waals surface area contributed by atoms with Crippen molar-refractivity contribution in [1.29, 1.82) is 0 Å². The Morgan fingerprint density at radius 3 is 2.77 bits per heavy atom. The molecule has 146 valence electrons. The summed E-state index contributed by atoms with van der Waals surface area (Å²) >= 11 is 0. The zero-order chi connectivity index (χ0) is 19.0. The van der Waals surface area contributed by atoms with E-state index in [1.54, 1.807) is 0 Å². The fourth-order valence-electron chi connectivity index (χ4n) is 3.19. The maximum atomic E-state index is 12.4. The van der Waals surface area contributed by atoms with Gasteiger partial charge in [0.2, 0.25) is 15.9 Å². The van der Waals surface area contributed by atoms with E-state index in [2.05, 4.69) is 5.32 Å². The molecule has 2 rings (SSSR count). The van der Waals surface area contributed by atoms with Crippen LogP contribution in [0.1, 0.15) is 51.2 Å². The Kier molecular flexibility index (Phi) is 8.06.